The third kappa shape index (κ3) is 2.47. The van der Waals surface area contributed by atoms with Crippen LogP contribution in [-0.4, -0.2) is 18.0 Å². The van der Waals surface area contributed by atoms with Crippen molar-refractivity contribution >= 4 is 5.69 Å². The number of nitrogens with two attached hydrogens (primary N) is 1. The van der Waals surface area contributed by atoms with E-state index >= 15 is 0 Å². The second-order valence-electron chi connectivity index (χ2n) is 4.09. The van der Waals surface area contributed by atoms with Crippen molar-refractivity contribution < 1.29 is 13.2 Å². The Bertz CT molecular complexity index is 383. The molecule has 0 radical (unpaired) electrons. The van der Waals surface area contributed by atoms with Crippen LogP contribution in [0.25, 0.3) is 0 Å². The number of rotatable bonds is 2. The first kappa shape index (κ1) is 11.3. The Kier molecular flexibility index (Phi) is 2.80. The summed E-state index contributed by atoms with van der Waals surface area (Å²) in [6.07, 6.45) is -3.20. The molecular formula is C11H13F3N2. The quantitative estimate of drug-likeness (QED) is 0.791. The molecule has 1 aromatic rings. The van der Waals surface area contributed by atoms with Gasteiger partial charge in [0.25, 0.3) is 0 Å². The van der Waals surface area contributed by atoms with Gasteiger partial charge in [-0.2, -0.15) is 13.2 Å². The largest absolute Gasteiger partial charge is 0.416 e. The molecule has 1 heterocycles. The summed E-state index contributed by atoms with van der Waals surface area (Å²) in [6, 6.07) is 3.75. The number of anilines is 1. The molecular weight excluding hydrogens is 217 g/mol. The Morgan fingerprint density at radius 1 is 1.19 bits per heavy atom. The molecule has 5 heteroatoms. The maximum atomic E-state index is 12.5. The highest BCUT2D eigenvalue weighted by Gasteiger charge is 2.31. The second-order valence-corrected chi connectivity index (χ2v) is 4.09. The fourth-order valence-electron chi connectivity index (χ4n) is 1.77. The van der Waals surface area contributed by atoms with E-state index in [0.29, 0.717) is 12.1 Å². The number of halogens is 3. The van der Waals surface area contributed by atoms with Crippen molar-refractivity contribution in [1.29, 1.82) is 0 Å². The fraction of sp³-hybridized carbons (Fsp3) is 0.455. The van der Waals surface area contributed by atoms with Gasteiger partial charge in [0, 0.05) is 12.2 Å². The van der Waals surface area contributed by atoms with Gasteiger partial charge in [-0.05, 0) is 43.3 Å². The zero-order valence-corrected chi connectivity index (χ0v) is 8.72. The summed E-state index contributed by atoms with van der Waals surface area (Å²) in [5, 5.41) is 0. The lowest BCUT2D eigenvalue weighted by molar-refractivity contribution is -0.137. The predicted octanol–water partition coefficient (Wildman–Crippen LogP) is 2.49. The molecule has 0 spiro atoms. The Balaban J connectivity index is 2.21. The Morgan fingerprint density at radius 3 is 2.38 bits per heavy atom. The summed E-state index contributed by atoms with van der Waals surface area (Å²) >= 11 is 0. The zero-order valence-electron chi connectivity index (χ0n) is 8.72. The third-order valence-electron chi connectivity index (χ3n) is 2.70. The fourth-order valence-corrected chi connectivity index (χ4v) is 1.77. The van der Waals surface area contributed by atoms with Gasteiger partial charge < -0.3 is 5.73 Å². The van der Waals surface area contributed by atoms with Crippen molar-refractivity contribution in [2.45, 2.75) is 19.1 Å². The smallest absolute Gasteiger partial charge is 0.399 e. The molecule has 2 rings (SSSR count). The Morgan fingerprint density at radius 2 is 1.88 bits per heavy atom. The van der Waals surface area contributed by atoms with Crippen LogP contribution in [-0.2, 0) is 12.7 Å². The summed E-state index contributed by atoms with van der Waals surface area (Å²) in [5.74, 6) is 0. The topological polar surface area (TPSA) is 29.3 Å². The standard InChI is InChI=1S/C11H13F3N2/c12-11(13,14)9-4-8(5-10(15)6-9)7-16-2-1-3-16/h4-6H,1-3,7,15H2. The van der Waals surface area contributed by atoms with E-state index in [1.807, 2.05) is 0 Å². The molecule has 1 aliphatic rings. The summed E-state index contributed by atoms with van der Waals surface area (Å²) in [5.41, 5.74) is 5.61. The number of nitrogen functional groups attached to an aromatic ring is 1. The van der Waals surface area contributed by atoms with E-state index in [0.717, 1.165) is 25.6 Å². The van der Waals surface area contributed by atoms with Crippen molar-refractivity contribution in [2.24, 2.45) is 0 Å². The molecule has 88 valence electrons. The van der Waals surface area contributed by atoms with Crippen molar-refractivity contribution in [1.82, 2.24) is 4.90 Å². The Labute approximate surface area is 91.8 Å². The SMILES string of the molecule is Nc1cc(CN2CCC2)cc(C(F)(F)F)c1. The average molecular weight is 230 g/mol. The van der Waals surface area contributed by atoms with E-state index in [9.17, 15) is 13.2 Å². The maximum Gasteiger partial charge on any atom is 0.416 e. The van der Waals surface area contributed by atoms with E-state index in [4.69, 9.17) is 5.73 Å². The number of hydrogen-bond acceptors (Lipinski definition) is 2. The van der Waals surface area contributed by atoms with Gasteiger partial charge in [0.1, 0.15) is 0 Å². The molecule has 0 atom stereocenters. The highest BCUT2D eigenvalue weighted by molar-refractivity contribution is 5.45. The van der Waals surface area contributed by atoms with Gasteiger partial charge in [0.05, 0.1) is 5.56 Å². The lowest BCUT2D eigenvalue weighted by atomic mass is 10.1. The number of nitrogens with zero attached hydrogens (tertiary/aromatic N) is 1. The van der Waals surface area contributed by atoms with Gasteiger partial charge in [-0.15, -0.1) is 0 Å². The van der Waals surface area contributed by atoms with Crippen LogP contribution < -0.4 is 5.73 Å². The minimum atomic E-state index is -4.32. The first-order valence-electron chi connectivity index (χ1n) is 5.14. The summed E-state index contributed by atoms with van der Waals surface area (Å²) in [7, 11) is 0. The van der Waals surface area contributed by atoms with Crippen molar-refractivity contribution in [3.63, 3.8) is 0 Å². The normalized spacial score (nSPS) is 17.2. The van der Waals surface area contributed by atoms with Gasteiger partial charge in [-0.25, -0.2) is 0 Å². The molecule has 1 aliphatic heterocycles. The zero-order chi connectivity index (χ0) is 11.8. The Hall–Kier alpha value is -1.23. The first-order valence-corrected chi connectivity index (χ1v) is 5.14. The lowest BCUT2D eigenvalue weighted by Crippen LogP contribution is -2.36. The molecule has 2 N–H and O–H groups in total. The molecule has 2 nitrogen and oxygen atoms in total. The molecule has 0 amide bonds. The summed E-state index contributed by atoms with van der Waals surface area (Å²) < 4.78 is 37.5. The van der Waals surface area contributed by atoms with Crippen LogP contribution in [0.5, 0.6) is 0 Å². The van der Waals surface area contributed by atoms with Crippen LogP contribution in [0.15, 0.2) is 18.2 Å². The number of alkyl halides is 3. The number of hydrogen-bond donors (Lipinski definition) is 1. The minimum Gasteiger partial charge on any atom is -0.399 e. The van der Waals surface area contributed by atoms with E-state index in [1.54, 1.807) is 6.07 Å². The molecule has 0 unspecified atom stereocenters. The number of benzene rings is 1. The monoisotopic (exact) mass is 230 g/mol. The van der Waals surface area contributed by atoms with E-state index in [-0.39, 0.29) is 5.69 Å². The van der Waals surface area contributed by atoms with Crippen molar-refractivity contribution in [3.05, 3.63) is 29.3 Å². The highest BCUT2D eigenvalue weighted by Crippen LogP contribution is 2.31. The van der Waals surface area contributed by atoms with Gasteiger partial charge in [-0.3, -0.25) is 4.90 Å². The molecule has 0 saturated carbocycles. The van der Waals surface area contributed by atoms with Crippen molar-refractivity contribution in [2.75, 3.05) is 18.8 Å². The molecule has 0 aromatic heterocycles. The first-order chi connectivity index (χ1) is 7.45. The van der Waals surface area contributed by atoms with E-state index in [1.165, 1.54) is 6.07 Å². The summed E-state index contributed by atoms with van der Waals surface area (Å²) in [6.45, 7) is 2.46. The van der Waals surface area contributed by atoms with Crippen molar-refractivity contribution in [3.8, 4) is 0 Å². The average Bonchev–Trinajstić information content (AvgIpc) is 2.09. The van der Waals surface area contributed by atoms with Gasteiger partial charge in [0.15, 0.2) is 0 Å². The lowest BCUT2D eigenvalue weighted by Gasteiger charge is -2.30. The van der Waals surface area contributed by atoms with Gasteiger partial charge in [-0.1, -0.05) is 0 Å². The second kappa shape index (κ2) is 3.97. The van der Waals surface area contributed by atoms with Gasteiger partial charge >= 0.3 is 6.18 Å². The molecule has 16 heavy (non-hydrogen) atoms. The van der Waals surface area contributed by atoms with E-state index in [2.05, 4.69) is 4.90 Å². The van der Waals surface area contributed by atoms with Crippen LogP contribution in [0.4, 0.5) is 18.9 Å². The number of likely N-dealkylation sites (tertiary alicyclic amines) is 1. The van der Waals surface area contributed by atoms with Crippen LogP contribution in [0, 0.1) is 0 Å². The van der Waals surface area contributed by atoms with E-state index < -0.39 is 11.7 Å². The maximum absolute atomic E-state index is 12.5. The van der Waals surface area contributed by atoms with Crippen LogP contribution >= 0.6 is 0 Å². The predicted molar refractivity (Wildman–Crippen MR) is 55.8 cm³/mol. The van der Waals surface area contributed by atoms with Crippen LogP contribution in [0.3, 0.4) is 0 Å². The van der Waals surface area contributed by atoms with Gasteiger partial charge in [0.2, 0.25) is 0 Å². The minimum absolute atomic E-state index is 0.172. The summed E-state index contributed by atoms with van der Waals surface area (Å²) in [4.78, 5) is 2.09. The molecule has 0 aliphatic carbocycles. The third-order valence-corrected chi connectivity index (χ3v) is 2.70. The molecule has 1 saturated heterocycles. The molecule has 1 aromatic carbocycles. The van der Waals surface area contributed by atoms with Crippen LogP contribution in [0.1, 0.15) is 17.5 Å². The molecule has 0 bridgehead atoms. The highest BCUT2D eigenvalue weighted by atomic mass is 19.4. The van der Waals surface area contributed by atoms with Crippen LogP contribution in [0.2, 0.25) is 0 Å². The molecule has 1 fully saturated rings.